The molecular weight excluding hydrogens is 362 g/mol. The number of aromatic nitrogens is 2. The van der Waals surface area contributed by atoms with Crippen LogP contribution in [0.5, 0.6) is 0 Å². The third kappa shape index (κ3) is 5.45. The molecule has 0 aromatic carbocycles. The lowest BCUT2D eigenvalue weighted by Crippen LogP contribution is -2.48. The van der Waals surface area contributed by atoms with Gasteiger partial charge in [0.1, 0.15) is 5.82 Å². The third-order valence-corrected chi connectivity index (χ3v) is 5.14. The van der Waals surface area contributed by atoms with Crippen LogP contribution >= 0.6 is 0 Å². The molecule has 28 heavy (non-hydrogen) atoms. The van der Waals surface area contributed by atoms with Crippen LogP contribution in [0.1, 0.15) is 39.5 Å². The first-order valence-corrected chi connectivity index (χ1v) is 10.0. The first-order chi connectivity index (χ1) is 13.4. The number of nitrogen functional groups attached to an aromatic ring is 1. The average molecular weight is 396 g/mol. The number of unbranched alkanes of at least 4 members (excludes halogenated alkanes) is 1. The zero-order valence-corrected chi connectivity index (χ0v) is 17.2. The number of likely N-dealkylation sites (tertiary alicyclic amines) is 1. The maximum absolute atomic E-state index is 13.1. The van der Waals surface area contributed by atoms with E-state index in [2.05, 4.69) is 16.8 Å². The van der Waals surface area contributed by atoms with Crippen LogP contribution in [0, 0.1) is 5.92 Å². The topological polar surface area (TPSA) is 114 Å². The molecule has 0 radical (unpaired) electrons. The number of aromatic amines is 1. The summed E-state index contributed by atoms with van der Waals surface area (Å²) in [5, 5.41) is 0. The fraction of sp³-hybridized carbons (Fsp3) is 0.737. The molecule has 1 aliphatic heterocycles. The minimum atomic E-state index is -0.647. The highest BCUT2D eigenvalue weighted by molar-refractivity contribution is 5.96. The summed E-state index contributed by atoms with van der Waals surface area (Å²) in [5.74, 6) is 0.348. The molecule has 0 aliphatic carbocycles. The van der Waals surface area contributed by atoms with Crippen LogP contribution in [0.4, 0.5) is 11.5 Å². The molecule has 0 bridgehead atoms. The van der Waals surface area contributed by atoms with Gasteiger partial charge in [-0.2, -0.15) is 0 Å². The van der Waals surface area contributed by atoms with Gasteiger partial charge in [-0.3, -0.25) is 24.0 Å². The van der Waals surface area contributed by atoms with Gasteiger partial charge < -0.3 is 15.4 Å². The monoisotopic (exact) mass is 395 g/mol. The predicted molar refractivity (Wildman–Crippen MR) is 110 cm³/mol. The Hall–Kier alpha value is -2.13. The second kappa shape index (κ2) is 10.4. The van der Waals surface area contributed by atoms with Crippen molar-refractivity contribution >= 4 is 17.4 Å². The molecule has 1 aromatic rings. The number of nitrogens with zero attached hydrogens (tertiary/aromatic N) is 3. The molecular formula is C19H33N5O4. The first kappa shape index (κ1) is 22.2. The summed E-state index contributed by atoms with van der Waals surface area (Å²) in [4.78, 5) is 43.6. The molecule has 2 rings (SSSR count). The van der Waals surface area contributed by atoms with E-state index < -0.39 is 11.2 Å². The van der Waals surface area contributed by atoms with E-state index in [-0.39, 0.29) is 37.1 Å². The number of ether oxygens (including phenoxy) is 1. The summed E-state index contributed by atoms with van der Waals surface area (Å²) in [6, 6.07) is 0. The molecule has 0 spiro atoms. The van der Waals surface area contributed by atoms with Gasteiger partial charge in [0.2, 0.25) is 5.91 Å². The van der Waals surface area contributed by atoms with E-state index in [0.29, 0.717) is 12.5 Å². The van der Waals surface area contributed by atoms with Gasteiger partial charge in [-0.1, -0.05) is 20.3 Å². The van der Waals surface area contributed by atoms with Crippen molar-refractivity contribution in [3.8, 4) is 0 Å². The second-order valence-corrected chi connectivity index (χ2v) is 7.52. The lowest BCUT2D eigenvalue weighted by atomic mass is 10.0. The molecule has 3 N–H and O–H groups in total. The predicted octanol–water partition coefficient (Wildman–Crippen LogP) is 0.630. The van der Waals surface area contributed by atoms with Crippen molar-refractivity contribution in [3.63, 3.8) is 0 Å². The Kier molecular flexibility index (Phi) is 8.25. The largest absolute Gasteiger partial charge is 0.383 e. The number of hydrogen-bond donors (Lipinski definition) is 2. The van der Waals surface area contributed by atoms with Gasteiger partial charge in [0.05, 0.1) is 13.2 Å². The zero-order chi connectivity index (χ0) is 20.7. The maximum Gasteiger partial charge on any atom is 0.330 e. The van der Waals surface area contributed by atoms with Crippen LogP contribution < -0.4 is 21.9 Å². The number of methoxy groups -OCH3 is 1. The number of hydrogen-bond acceptors (Lipinski definition) is 6. The number of nitrogens with two attached hydrogens (primary N) is 1. The molecule has 1 fully saturated rings. The number of carbonyl (C=O) groups is 1. The molecule has 1 aliphatic rings. The summed E-state index contributed by atoms with van der Waals surface area (Å²) in [6.07, 6.45) is 3.83. The van der Waals surface area contributed by atoms with Crippen molar-refractivity contribution in [1.29, 1.82) is 0 Å². The molecule has 1 atom stereocenters. The van der Waals surface area contributed by atoms with Gasteiger partial charge in [0.15, 0.2) is 5.69 Å². The maximum atomic E-state index is 13.1. The second-order valence-electron chi connectivity index (χ2n) is 7.52. The molecule has 1 aromatic heterocycles. The summed E-state index contributed by atoms with van der Waals surface area (Å²) in [7, 11) is 1.53. The van der Waals surface area contributed by atoms with Crippen LogP contribution in [0.25, 0.3) is 0 Å². The normalized spacial score (nSPS) is 17.6. The van der Waals surface area contributed by atoms with Crippen molar-refractivity contribution in [2.24, 2.45) is 5.92 Å². The highest BCUT2D eigenvalue weighted by atomic mass is 16.5. The summed E-state index contributed by atoms with van der Waals surface area (Å²) < 4.78 is 6.45. The highest BCUT2D eigenvalue weighted by Gasteiger charge is 2.27. The lowest BCUT2D eigenvalue weighted by molar-refractivity contribution is -0.120. The Balaban J connectivity index is 2.34. The van der Waals surface area contributed by atoms with Crippen LogP contribution in [0.3, 0.4) is 0 Å². The number of piperidine rings is 1. The van der Waals surface area contributed by atoms with E-state index in [9.17, 15) is 14.4 Å². The van der Waals surface area contributed by atoms with Gasteiger partial charge in [-0.05, 0) is 31.7 Å². The van der Waals surface area contributed by atoms with E-state index in [0.717, 1.165) is 38.8 Å². The number of amides is 1. The quantitative estimate of drug-likeness (QED) is 0.634. The minimum Gasteiger partial charge on any atom is -0.383 e. The Morgan fingerprint density at radius 3 is 2.79 bits per heavy atom. The van der Waals surface area contributed by atoms with Crippen molar-refractivity contribution in [2.45, 2.75) is 46.1 Å². The summed E-state index contributed by atoms with van der Waals surface area (Å²) in [6.45, 7) is 6.93. The Labute approximate surface area is 165 Å². The van der Waals surface area contributed by atoms with Crippen molar-refractivity contribution in [1.82, 2.24) is 14.5 Å². The van der Waals surface area contributed by atoms with Crippen LogP contribution in [0.2, 0.25) is 0 Å². The molecule has 0 unspecified atom stereocenters. The number of carbonyl (C=O) groups excluding carboxylic acids is 1. The fourth-order valence-corrected chi connectivity index (χ4v) is 3.63. The number of rotatable bonds is 9. The fourth-order valence-electron chi connectivity index (χ4n) is 3.63. The van der Waals surface area contributed by atoms with Gasteiger partial charge in [0.25, 0.3) is 5.56 Å². The van der Waals surface area contributed by atoms with E-state index in [1.54, 1.807) is 0 Å². The molecule has 9 heteroatoms. The van der Waals surface area contributed by atoms with Gasteiger partial charge in [0, 0.05) is 26.7 Å². The Morgan fingerprint density at radius 1 is 1.39 bits per heavy atom. The molecule has 2 heterocycles. The first-order valence-electron chi connectivity index (χ1n) is 10.0. The van der Waals surface area contributed by atoms with E-state index in [4.69, 9.17) is 10.5 Å². The lowest BCUT2D eigenvalue weighted by Gasteiger charge is -2.32. The van der Waals surface area contributed by atoms with Gasteiger partial charge in [-0.15, -0.1) is 0 Å². The Bertz CT molecular complexity index is 773. The standard InChI is InChI=1S/C19H33N5O4/c1-4-5-9-24-17(20)16(18(26)21-19(24)27)23(10-11-28-3)15(25)13-22-8-6-7-14(2)12-22/h14H,4-13,20H2,1-3H3,(H,21,26,27)/t14-/m0/s1. The van der Waals surface area contributed by atoms with E-state index >= 15 is 0 Å². The number of H-pyrrole nitrogens is 1. The van der Waals surface area contributed by atoms with Gasteiger partial charge >= 0.3 is 5.69 Å². The smallest absolute Gasteiger partial charge is 0.330 e. The van der Waals surface area contributed by atoms with Crippen molar-refractivity contribution < 1.29 is 9.53 Å². The SMILES string of the molecule is CCCCn1c(N)c(N(CCOC)C(=O)CN2CCC[C@H](C)C2)c(=O)[nH]c1=O. The number of anilines is 2. The number of nitrogens with one attached hydrogen (secondary N) is 1. The molecule has 158 valence electrons. The molecule has 1 amide bonds. The summed E-state index contributed by atoms with van der Waals surface area (Å²) in [5.41, 5.74) is 5.02. The molecule has 1 saturated heterocycles. The summed E-state index contributed by atoms with van der Waals surface area (Å²) >= 11 is 0. The van der Waals surface area contributed by atoms with Crippen LogP contribution in [-0.4, -0.2) is 60.3 Å². The van der Waals surface area contributed by atoms with Crippen molar-refractivity contribution in [2.75, 3.05) is 50.5 Å². The molecule has 9 nitrogen and oxygen atoms in total. The zero-order valence-electron chi connectivity index (χ0n) is 17.2. The van der Waals surface area contributed by atoms with E-state index in [1.807, 2.05) is 6.92 Å². The van der Waals surface area contributed by atoms with Crippen LogP contribution in [0.15, 0.2) is 9.59 Å². The minimum absolute atomic E-state index is 0.0265. The van der Waals surface area contributed by atoms with E-state index in [1.165, 1.54) is 16.6 Å². The molecule has 0 saturated carbocycles. The highest BCUT2D eigenvalue weighted by Crippen LogP contribution is 2.19. The average Bonchev–Trinajstić information content (AvgIpc) is 2.64. The van der Waals surface area contributed by atoms with Crippen molar-refractivity contribution in [3.05, 3.63) is 20.8 Å². The third-order valence-electron chi connectivity index (χ3n) is 5.14. The van der Waals surface area contributed by atoms with Crippen LogP contribution in [-0.2, 0) is 16.1 Å². The Morgan fingerprint density at radius 2 is 2.14 bits per heavy atom. The van der Waals surface area contributed by atoms with Gasteiger partial charge in [-0.25, -0.2) is 4.79 Å².